The van der Waals surface area contributed by atoms with Gasteiger partial charge in [0.25, 0.3) is 0 Å². The zero-order chi connectivity index (χ0) is 13.8. The molecule has 0 saturated heterocycles. The molecular formula is C14H19N3OS. The molecule has 0 aliphatic carbocycles. The van der Waals surface area contributed by atoms with Crippen molar-refractivity contribution >= 4 is 11.8 Å². The van der Waals surface area contributed by atoms with E-state index in [4.69, 9.17) is 10.5 Å². The van der Waals surface area contributed by atoms with Gasteiger partial charge in [0, 0.05) is 18.8 Å². The minimum atomic E-state index is 0.223. The summed E-state index contributed by atoms with van der Waals surface area (Å²) < 4.78 is 7.07. The molecule has 1 atom stereocenters. The predicted molar refractivity (Wildman–Crippen MR) is 78.6 cm³/mol. The standard InChI is InChI=1S/C14H19N3OS/c1-10-8-14(17(2)16-10)19-13(9-15)11-4-6-12(18-3)7-5-11/h4-8,13H,9,15H2,1-3H3. The fourth-order valence-electron chi connectivity index (χ4n) is 1.91. The first kappa shape index (κ1) is 14.0. The van der Waals surface area contributed by atoms with Crippen molar-refractivity contribution < 1.29 is 4.74 Å². The molecule has 0 saturated carbocycles. The Kier molecular flexibility index (Phi) is 4.50. The molecule has 2 rings (SSSR count). The summed E-state index contributed by atoms with van der Waals surface area (Å²) in [7, 11) is 3.62. The second-order valence-electron chi connectivity index (χ2n) is 4.36. The van der Waals surface area contributed by atoms with Crippen LogP contribution < -0.4 is 10.5 Å². The number of methoxy groups -OCH3 is 1. The summed E-state index contributed by atoms with van der Waals surface area (Å²) in [4.78, 5) is 0. The van der Waals surface area contributed by atoms with Crippen LogP contribution in [-0.2, 0) is 7.05 Å². The van der Waals surface area contributed by atoms with Crippen molar-refractivity contribution in [2.75, 3.05) is 13.7 Å². The number of nitrogens with zero attached hydrogens (tertiary/aromatic N) is 2. The number of aromatic nitrogens is 2. The van der Waals surface area contributed by atoms with E-state index in [1.54, 1.807) is 18.9 Å². The fraction of sp³-hybridized carbons (Fsp3) is 0.357. The molecule has 102 valence electrons. The molecule has 0 aliphatic heterocycles. The number of aryl methyl sites for hydroxylation is 2. The van der Waals surface area contributed by atoms with Crippen LogP contribution in [0.4, 0.5) is 0 Å². The van der Waals surface area contributed by atoms with Crippen LogP contribution in [0.15, 0.2) is 35.4 Å². The number of hydrogen-bond donors (Lipinski definition) is 1. The van der Waals surface area contributed by atoms with E-state index in [2.05, 4.69) is 23.3 Å². The summed E-state index contributed by atoms with van der Waals surface area (Å²) in [6.45, 7) is 2.58. The first-order chi connectivity index (χ1) is 9.13. The largest absolute Gasteiger partial charge is 0.497 e. The Labute approximate surface area is 117 Å². The molecule has 1 aromatic heterocycles. The van der Waals surface area contributed by atoms with E-state index in [1.807, 2.05) is 30.8 Å². The van der Waals surface area contributed by atoms with Gasteiger partial charge in [0.05, 0.1) is 17.8 Å². The third-order valence-electron chi connectivity index (χ3n) is 2.92. The highest BCUT2D eigenvalue weighted by atomic mass is 32.2. The van der Waals surface area contributed by atoms with E-state index in [0.717, 1.165) is 16.5 Å². The van der Waals surface area contributed by atoms with Crippen LogP contribution in [0.1, 0.15) is 16.5 Å². The van der Waals surface area contributed by atoms with Gasteiger partial charge in [-0.25, -0.2) is 0 Å². The van der Waals surface area contributed by atoms with Crippen LogP contribution in [0.5, 0.6) is 5.75 Å². The number of thioether (sulfide) groups is 1. The van der Waals surface area contributed by atoms with Gasteiger partial charge in [-0.2, -0.15) is 5.10 Å². The topological polar surface area (TPSA) is 53.1 Å². The monoisotopic (exact) mass is 277 g/mol. The molecule has 0 bridgehead atoms. The Balaban J connectivity index is 2.17. The third kappa shape index (κ3) is 3.30. The molecule has 0 radical (unpaired) electrons. The molecule has 0 spiro atoms. The maximum absolute atomic E-state index is 5.90. The van der Waals surface area contributed by atoms with Crippen molar-refractivity contribution in [3.05, 3.63) is 41.6 Å². The second kappa shape index (κ2) is 6.12. The molecule has 1 unspecified atom stereocenters. The smallest absolute Gasteiger partial charge is 0.118 e. The van der Waals surface area contributed by atoms with Gasteiger partial charge in [0.1, 0.15) is 5.75 Å². The summed E-state index contributed by atoms with van der Waals surface area (Å²) in [5, 5.41) is 5.71. The molecule has 4 nitrogen and oxygen atoms in total. The molecule has 2 N–H and O–H groups in total. The summed E-state index contributed by atoms with van der Waals surface area (Å²) in [6.07, 6.45) is 0. The SMILES string of the molecule is COc1ccc(C(CN)Sc2cc(C)nn2C)cc1. The van der Waals surface area contributed by atoms with Crippen molar-refractivity contribution in [2.24, 2.45) is 12.8 Å². The van der Waals surface area contributed by atoms with E-state index in [1.165, 1.54) is 5.56 Å². The van der Waals surface area contributed by atoms with Gasteiger partial charge in [-0.1, -0.05) is 23.9 Å². The molecule has 1 heterocycles. The Morgan fingerprint density at radius 3 is 2.53 bits per heavy atom. The first-order valence-corrected chi connectivity index (χ1v) is 7.03. The molecular weight excluding hydrogens is 258 g/mol. The Morgan fingerprint density at radius 2 is 2.05 bits per heavy atom. The molecule has 5 heteroatoms. The minimum Gasteiger partial charge on any atom is -0.497 e. The van der Waals surface area contributed by atoms with E-state index in [0.29, 0.717) is 6.54 Å². The van der Waals surface area contributed by atoms with Crippen molar-refractivity contribution in [1.29, 1.82) is 0 Å². The quantitative estimate of drug-likeness (QED) is 0.853. The summed E-state index contributed by atoms with van der Waals surface area (Å²) >= 11 is 1.74. The van der Waals surface area contributed by atoms with Crippen molar-refractivity contribution in [3.8, 4) is 5.75 Å². The van der Waals surface area contributed by atoms with Crippen LogP contribution in [0.3, 0.4) is 0 Å². The molecule has 1 aromatic carbocycles. The highest BCUT2D eigenvalue weighted by molar-refractivity contribution is 7.99. The highest BCUT2D eigenvalue weighted by Crippen LogP contribution is 2.35. The van der Waals surface area contributed by atoms with Crippen LogP contribution in [-0.4, -0.2) is 23.4 Å². The van der Waals surface area contributed by atoms with Gasteiger partial charge in [0.2, 0.25) is 0 Å². The number of rotatable bonds is 5. The molecule has 2 aromatic rings. The maximum atomic E-state index is 5.90. The fourth-order valence-corrected chi connectivity index (χ4v) is 3.03. The molecule has 0 amide bonds. The zero-order valence-corrected chi connectivity index (χ0v) is 12.3. The summed E-state index contributed by atoms with van der Waals surface area (Å²) in [6, 6.07) is 10.1. The average Bonchev–Trinajstić information content (AvgIpc) is 2.74. The molecule has 0 aliphatic rings. The van der Waals surface area contributed by atoms with E-state index in [-0.39, 0.29) is 5.25 Å². The summed E-state index contributed by atoms with van der Waals surface area (Å²) in [5.74, 6) is 0.862. The first-order valence-electron chi connectivity index (χ1n) is 6.15. The highest BCUT2D eigenvalue weighted by Gasteiger charge is 2.14. The Hall–Kier alpha value is -1.46. The van der Waals surface area contributed by atoms with E-state index >= 15 is 0 Å². The third-order valence-corrected chi connectivity index (χ3v) is 4.30. The van der Waals surface area contributed by atoms with Crippen LogP contribution >= 0.6 is 11.8 Å². The molecule has 19 heavy (non-hydrogen) atoms. The predicted octanol–water partition coefficient (Wildman–Crippen LogP) is 2.53. The Bertz CT molecular complexity index is 536. The molecule has 0 fully saturated rings. The normalized spacial score (nSPS) is 12.4. The summed E-state index contributed by atoms with van der Waals surface area (Å²) in [5.41, 5.74) is 8.12. The van der Waals surface area contributed by atoms with Crippen LogP contribution in [0.2, 0.25) is 0 Å². The maximum Gasteiger partial charge on any atom is 0.118 e. The van der Waals surface area contributed by atoms with Crippen LogP contribution in [0.25, 0.3) is 0 Å². The van der Waals surface area contributed by atoms with E-state index < -0.39 is 0 Å². The van der Waals surface area contributed by atoms with Crippen molar-refractivity contribution in [3.63, 3.8) is 0 Å². The van der Waals surface area contributed by atoms with Crippen molar-refractivity contribution in [1.82, 2.24) is 9.78 Å². The lowest BCUT2D eigenvalue weighted by molar-refractivity contribution is 0.414. The van der Waals surface area contributed by atoms with Gasteiger partial charge in [-0.05, 0) is 30.7 Å². The van der Waals surface area contributed by atoms with Crippen LogP contribution in [0, 0.1) is 6.92 Å². The number of benzene rings is 1. The number of hydrogen-bond acceptors (Lipinski definition) is 4. The van der Waals surface area contributed by atoms with E-state index in [9.17, 15) is 0 Å². The van der Waals surface area contributed by atoms with Gasteiger partial charge >= 0.3 is 0 Å². The Morgan fingerprint density at radius 1 is 1.37 bits per heavy atom. The van der Waals surface area contributed by atoms with Gasteiger partial charge in [0.15, 0.2) is 0 Å². The number of nitrogens with two attached hydrogens (primary N) is 1. The van der Waals surface area contributed by atoms with Gasteiger partial charge in [-0.3, -0.25) is 4.68 Å². The average molecular weight is 277 g/mol. The second-order valence-corrected chi connectivity index (χ2v) is 5.59. The van der Waals surface area contributed by atoms with Gasteiger partial charge < -0.3 is 10.5 Å². The minimum absolute atomic E-state index is 0.223. The lowest BCUT2D eigenvalue weighted by Gasteiger charge is -2.15. The lowest BCUT2D eigenvalue weighted by Crippen LogP contribution is -2.10. The number of ether oxygens (including phenoxy) is 1. The zero-order valence-electron chi connectivity index (χ0n) is 11.5. The lowest BCUT2D eigenvalue weighted by atomic mass is 10.1. The van der Waals surface area contributed by atoms with Crippen molar-refractivity contribution in [2.45, 2.75) is 17.2 Å². The van der Waals surface area contributed by atoms with Gasteiger partial charge in [-0.15, -0.1) is 0 Å².